The van der Waals surface area contributed by atoms with Crippen molar-refractivity contribution in [3.8, 4) is 22.4 Å². The van der Waals surface area contributed by atoms with E-state index in [0.717, 1.165) is 106 Å². The van der Waals surface area contributed by atoms with Gasteiger partial charge in [0.25, 0.3) is 0 Å². The van der Waals surface area contributed by atoms with E-state index in [2.05, 4.69) is 64.1 Å². The molecule has 63 heavy (non-hydrogen) atoms. The second-order valence-corrected chi connectivity index (χ2v) is 19.1. The van der Waals surface area contributed by atoms with Crippen LogP contribution in [0.25, 0.3) is 44.3 Å². The number of carbonyl (C=O) groups excluding carboxylic acids is 4. The van der Waals surface area contributed by atoms with Gasteiger partial charge in [-0.1, -0.05) is 45.9 Å². The minimum Gasteiger partial charge on any atom is -0.456 e. The predicted molar refractivity (Wildman–Crippen MR) is 238 cm³/mol. The Balaban J connectivity index is 0.869. The van der Waals surface area contributed by atoms with Crippen molar-refractivity contribution >= 4 is 57.3 Å². The van der Waals surface area contributed by atoms with E-state index in [0.29, 0.717) is 18.9 Å². The molecule has 4 fully saturated rings. The van der Waals surface area contributed by atoms with Crippen molar-refractivity contribution in [3.63, 3.8) is 0 Å². The van der Waals surface area contributed by atoms with Gasteiger partial charge in [-0.3, -0.25) is 14.6 Å². The number of likely N-dealkylation sites (tertiary alicyclic amines) is 2. The first-order valence-electron chi connectivity index (χ1n) is 22.4. The number of aromatic amines is 1. The number of ether oxygens (including phenoxy) is 2. The number of methoxy groups -OCH3 is 2. The summed E-state index contributed by atoms with van der Waals surface area (Å²) in [6.45, 7) is 8.38. The molecule has 2 bridgehead atoms. The molecule has 5 heterocycles. The van der Waals surface area contributed by atoms with Gasteiger partial charge in [-0.05, 0) is 115 Å². The van der Waals surface area contributed by atoms with Gasteiger partial charge in [0.2, 0.25) is 11.8 Å². The van der Waals surface area contributed by atoms with Crippen LogP contribution in [0.3, 0.4) is 0 Å². The van der Waals surface area contributed by atoms with Crippen molar-refractivity contribution in [1.82, 2.24) is 30.4 Å². The highest BCUT2D eigenvalue weighted by molar-refractivity contribution is 6.07. The molecule has 3 aromatic carbocycles. The Morgan fingerprint density at radius 3 is 2.13 bits per heavy atom. The minimum absolute atomic E-state index is 0.0600. The van der Waals surface area contributed by atoms with Crippen molar-refractivity contribution in [2.24, 2.45) is 28.2 Å². The summed E-state index contributed by atoms with van der Waals surface area (Å²) in [5.74, 6) is 0.700. The van der Waals surface area contributed by atoms with Crippen LogP contribution in [0, 0.1) is 23.2 Å². The third kappa shape index (κ3) is 7.20. The molecule has 3 aliphatic heterocycles. The first-order chi connectivity index (χ1) is 30.3. The summed E-state index contributed by atoms with van der Waals surface area (Å²) in [4.78, 5) is 69.8. The predicted octanol–water partition coefficient (Wildman–Crippen LogP) is 8.47. The second-order valence-electron chi connectivity index (χ2n) is 19.1. The number of alkyl carbamates (subject to hydrolysis) is 2. The highest BCUT2D eigenvalue weighted by Gasteiger charge is 2.55. The maximum absolute atomic E-state index is 14.1. The van der Waals surface area contributed by atoms with Gasteiger partial charge in [0, 0.05) is 41.1 Å². The zero-order valence-corrected chi connectivity index (χ0v) is 36.7. The Morgan fingerprint density at radius 2 is 1.46 bits per heavy atom. The number of H-pyrrole nitrogens is 1. The lowest BCUT2D eigenvalue weighted by molar-refractivity contribution is -0.137. The van der Waals surface area contributed by atoms with Gasteiger partial charge in [0.15, 0.2) is 0 Å². The lowest BCUT2D eigenvalue weighted by Gasteiger charge is -2.38. The summed E-state index contributed by atoms with van der Waals surface area (Å²) in [5.41, 5.74) is 8.60. The Labute approximate surface area is 366 Å². The first kappa shape index (κ1) is 40.9. The van der Waals surface area contributed by atoms with Gasteiger partial charge in [0.1, 0.15) is 29.1 Å². The maximum Gasteiger partial charge on any atom is 0.407 e. The van der Waals surface area contributed by atoms with Crippen LogP contribution in [0.1, 0.15) is 83.6 Å². The summed E-state index contributed by atoms with van der Waals surface area (Å²) in [5, 5.41) is 7.58. The Morgan fingerprint density at radius 1 is 0.825 bits per heavy atom. The van der Waals surface area contributed by atoms with E-state index in [9.17, 15) is 19.2 Å². The monoisotopic (exact) mass is 853 g/mol. The number of hydrogen-bond donors (Lipinski definition) is 3. The average molecular weight is 854 g/mol. The fourth-order valence-electron chi connectivity index (χ4n) is 10.9. The highest BCUT2D eigenvalue weighted by atomic mass is 16.5. The fourth-order valence-corrected chi connectivity index (χ4v) is 10.9. The molecule has 2 aliphatic carbocycles. The van der Waals surface area contributed by atoms with Crippen LogP contribution in [0.2, 0.25) is 0 Å². The van der Waals surface area contributed by atoms with Crippen LogP contribution >= 0.6 is 0 Å². The number of carbonyl (C=O) groups is 4. The molecule has 2 saturated carbocycles. The molecule has 14 heteroatoms. The molecule has 2 aromatic heterocycles. The number of imidazole rings is 1. The van der Waals surface area contributed by atoms with E-state index in [1.165, 1.54) is 14.2 Å². The number of rotatable bonds is 10. The SMILES string of the molecule is COC(=O)N[C@H](C(=O)N1CC2(CC2)C[C@H]1c1ncc(-c2ccc3c(c2)oc2cc(-c4ccc5c(c4)CC([C@@H]4[C@@H]6CC[C@H](C6)N4C(=O)[C@@H](NC(=O)OC)C(C)C)=N5)ccc23)[nH]1)C(C)C. The molecule has 6 atom stereocenters. The fraction of sp³-hybridized carbons (Fsp3) is 0.469. The van der Waals surface area contributed by atoms with E-state index in [-0.39, 0.29) is 47.2 Å². The molecule has 5 aliphatic rings. The van der Waals surface area contributed by atoms with Crippen molar-refractivity contribution in [2.45, 2.75) is 103 Å². The van der Waals surface area contributed by atoms with Gasteiger partial charge >= 0.3 is 12.2 Å². The number of furan rings is 1. The number of nitrogens with zero attached hydrogens (tertiary/aromatic N) is 4. The molecule has 3 N–H and O–H groups in total. The summed E-state index contributed by atoms with van der Waals surface area (Å²) in [6, 6.07) is 17.4. The molecule has 328 valence electrons. The van der Waals surface area contributed by atoms with Gasteiger partial charge < -0.3 is 39.3 Å². The van der Waals surface area contributed by atoms with Crippen LogP contribution in [-0.2, 0) is 25.5 Å². The number of aliphatic imine (C=N–C) groups is 1. The molecule has 14 nitrogen and oxygen atoms in total. The summed E-state index contributed by atoms with van der Waals surface area (Å²) < 4.78 is 16.2. The number of piperidine rings is 1. The Hall–Kier alpha value is -6.18. The zero-order valence-electron chi connectivity index (χ0n) is 36.7. The summed E-state index contributed by atoms with van der Waals surface area (Å²) in [6.07, 6.45) is 7.26. The minimum atomic E-state index is -0.701. The topological polar surface area (TPSA) is 171 Å². The van der Waals surface area contributed by atoms with E-state index in [4.69, 9.17) is 23.9 Å². The lowest BCUT2D eigenvalue weighted by Crippen LogP contribution is -2.57. The molecule has 0 radical (unpaired) electrons. The molecule has 10 rings (SSSR count). The number of benzene rings is 3. The van der Waals surface area contributed by atoms with E-state index >= 15 is 0 Å². The second kappa shape index (κ2) is 15.6. The van der Waals surface area contributed by atoms with Gasteiger partial charge in [-0.2, -0.15) is 0 Å². The molecular formula is C49H55N7O7. The third-order valence-corrected chi connectivity index (χ3v) is 14.5. The summed E-state index contributed by atoms with van der Waals surface area (Å²) >= 11 is 0. The first-order valence-corrected chi connectivity index (χ1v) is 22.4. The summed E-state index contributed by atoms with van der Waals surface area (Å²) in [7, 11) is 2.62. The molecular weight excluding hydrogens is 799 g/mol. The van der Waals surface area contributed by atoms with Crippen molar-refractivity contribution < 1.29 is 33.1 Å². The number of nitrogens with one attached hydrogen (secondary N) is 3. The molecule has 5 aromatic rings. The highest BCUT2D eigenvalue weighted by Crippen LogP contribution is 2.58. The normalized spacial score (nSPS) is 22.8. The number of hydrogen-bond acceptors (Lipinski definition) is 9. The smallest absolute Gasteiger partial charge is 0.407 e. The van der Waals surface area contributed by atoms with Crippen LogP contribution in [-0.4, -0.2) is 94.4 Å². The van der Waals surface area contributed by atoms with Crippen LogP contribution in [0.15, 0.2) is 70.2 Å². The number of amides is 4. The van der Waals surface area contributed by atoms with E-state index < -0.39 is 24.3 Å². The van der Waals surface area contributed by atoms with Crippen molar-refractivity contribution in [2.75, 3.05) is 20.8 Å². The lowest BCUT2D eigenvalue weighted by atomic mass is 9.90. The third-order valence-electron chi connectivity index (χ3n) is 14.5. The quantitative estimate of drug-likeness (QED) is 0.126. The van der Waals surface area contributed by atoms with Crippen molar-refractivity contribution in [3.05, 3.63) is 72.2 Å². The van der Waals surface area contributed by atoms with Crippen LogP contribution in [0.4, 0.5) is 15.3 Å². The number of aromatic nitrogens is 2. The molecule has 0 unspecified atom stereocenters. The largest absolute Gasteiger partial charge is 0.456 e. The number of fused-ring (bicyclic) bond motifs is 6. The van der Waals surface area contributed by atoms with Crippen LogP contribution < -0.4 is 10.6 Å². The van der Waals surface area contributed by atoms with E-state index in [1.807, 2.05) is 49.8 Å². The molecule has 4 amide bonds. The van der Waals surface area contributed by atoms with Crippen molar-refractivity contribution in [1.29, 1.82) is 0 Å². The van der Waals surface area contributed by atoms with Crippen LogP contribution in [0.5, 0.6) is 0 Å². The molecule has 1 spiro atoms. The Kier molecular flexibility index (Phi) is 10.1. The van der Waals surface area contributed by atoms with E-state index in [1.54, 1.807) is 0 Å². The van der Waals surface area contributed by atoms with Gasteiger partial charge in [-0.25, -0.2) is 14.6 Å². The molecule has 2 saturated heterocycles. The standard InChI is InChI=1S/C49H55N7O7/c1-25(2)41(53-47(59)61-5)45(57)55-24-49(15-16-49)22-38(55)44-50-23-37(52-44)29-9-13-34-33-12-8-28(20-39(33)63-40(34)21-29)27-10-14-35-31(17-27)19-36(51-35)43-30-7-11-32(18-30)56(43)46(58)42(26(3)4)54-48(60)62-6/h8-10,12-14,17,20-21,23,25-26,30,32,38,41-43H,7,11,15-16,18-19,22,24H2,1-6H3,(H,50,52)(H,53,59)(H,54,60)/t30-,32-,38+,41+,42+,43+/m1/s1. The Bertz CT molecular complexity index is 2690. The van der Waals surface area contributed by atoms with Gasteiger partial charge in [-0.15, -0.1) is 0 Å². The maximum atomic E-state index is 14.1. The van der Waals surface area contributed by atoms with Gasteiger partial charge in [0.05, 0.1) is 43.9 Å². The zero-order chi connectivity index (χ0) is 43.9. The average Bonchev–Trinajstić information content (AvgIpc) is 3.97.